The van der Waals surface area contributed by atoms with E-state index in [2.05, 4.69) is 55.3 Å². The van der Waals surface area contributed by atoms with E-state index in [0.29, 0.717) is 11.5 Å². The highest BCUT2D eigenvalue weighted by Crippen LogP contribution is 2.22. The van der Waals surface area contributed by atoms with Crippen LogP contribution in [0.25, 0.3) is 11.4 Å². The first-order chi connectivity index (χ1) is 23.2. The van der Waals surface area contributed by atoms with Gasteiger partial charge in [-0.1, -0.05) is 21.6 Å². The molecule has 2 aromatic rings. The molecule has 0 radical (unpaired) electrons. The van der Waals surface area contributed by atoms with Gasteiger partial charge in [-0.25, -0.2) is 19.0 Å². The van der Waals surface area contributed by atoms with E-state index in [1.54, 1.807) is 13.8 Å². The molecule has 0 fully saturated rings. The van der Waals surface area contributed by atoms with Crippen LogP contribution in [0.1, 0.15) is 34.6 Å². The molecule has 0 saturated heterocycles. The molecule has 4 atom stereocenters. The second-order valence-electron chi connectivity index (χ2n) is 9.24. The van der Waals surface area contributed by atoms with E-state index in [9.17, 15) is 28.8 Å². The molecule has 2 heterocycles. The fourth-order valence-corrected chi connectivity index (χ4v) is 7.83. The number of nitrogens with one attached hydrogen (secondary N) is 4. The number of ether oxygens (including phenoxy) is 2. The number of aldehydes is 2. The number of rotatable bonds is 23. The van der Waals surface area contributed by atoms with Crippen molar-refractivity contribution in [2.75, 3.05) is 36.2 Å². The quantitative estimate of drug-likeness (QED) is 0.0240. The molecule has 20 heteroatoms. The second-order valence-corrected chi connectivity index (χ2v) is 14.3. The number of carbonyl (C=O) groups excluding carboxylic acids is 6. The molecule has 2 amide bonds. The number of pyridine rings is 2. The van der Waals surface area contributed by atoms with Crippen LogP contribution < -0.4 is 20.1 Å². The Hall–Kier alpha value is -2.46. The first-order valence-corrected chi connectivity index (χ1v) is 20.2. The number of hydrogen-bond donors (Lipinski definition) is 6. The van der Waals surface area contributed by atoms with E-state index in [4.69, 9.17) is 9.47 Å². The molecule has 4 N–H and O–H groups in total. The van der Waals surface area contributed by atoms with Crippen LogP contribution in [-0.4, -0.2) is 107 Å². The Balaban J connectivity index is 2.14. The summed E-state index contributed by atoms with van der Waals surface area (Å²) < 4.78 is 16.0. The van der Waals surface area contributed by atoms with Gasteiger partial charge in [0.2, 0.25) is 0 Å². The van der Waals surface area contributed by atoms with Crippen molar-refractivity contribution in [2.45, 2.75) is 38.0 Å². The molecule has 48 heavy (non-hydrogen) atoms. The van der Waals surface area contributed by atoms with Crippen LogP contribution in [0.5, 0.6) is 0 Å². The predicted octanol–water partition coefficient (Wildman–Crippen LogP) is 2.23. The van der Waals surface area contributed by atoms with Crippen LogP contribution in [0.3, 0.4) is 0 Å². The number of carbonyl (C=O) groups is 6. The van der Waals surface area contributed by atoms with Crippen molar-refractivity contribution in [3.63, 3.8) is 0 Å². The first-order valence-electron chi connectivity index (χ1n) is 14.3. The SMILES string of the molecule is CCOC(=O)C(CSSN[C@H](C=O)CS)NC(=O)c1ccnc(-c2cc(C(=O)NC(CSSN[C@H](C=O)CS)C(=O)OCC)ccn2)c1. The Morgan fingerprint density at radius 2 is 1.15 bits per heavy atom. The van der Waals surface area contributed by atoms with Gasteiger partial charge in [0.05, 0.1) is 36.7 Å². The van der Waals surface area contributed by atoms with Crippen LogP contribution in [-0.2, 0) is 28.7 Å². The van der Waals surface area contributed by atoms with Gasteiger partial charge in [-0.3, -0.25) is 19.6 Å². The van der Waals surface area contributed by atoms with E-state index in [-0.39, 0.29) is 47.2 Å². The minimum Gasteiger partial charge on any atom is -0.464 e. The maximum Gasteiger partial charge on any atom is 0.329 e. The highest BCUT2D eigenvalue weighted by Gasteiger charge is 2.25. The molecule has 0 bridgehead atoms. The molecule has 2 unspecified atom stereocenters. The van der Waals surface area contributed by atoms with Gasteiger partial charge in [-0.05, 0) is 60.1 Å². The number of aromatic nitrogens is 2. The molecule has 2 rings (SSSR count). The number of nitrogens with zero attached hydrogens (tertiary/aromatic N) is 2. The van der Waals surface area contributed by atoms with Crippen molar-refractivity contribution in [1.29, 1.82) is 0 Å². The average molecular weight is 777 g/mol. The first kappa shape index (κ1) is 41.7. The summed E-state index contributed by atoms with van der Waals surface area (Å²) in [6.45, 7) is 3.55. The Morgan fingerprint density at radius 1 is 0.750 bits per heavy atom. The standard InChI is InChI=1S/C28H36N6O8S6/c1-3-41-27(39)23(15-45-47-33-19(11-35)13-43)31-25(37)17-5-7-29-21(9-17)22-10-18(6-8-30-22)26(38)32-24(28(40)42-4-2)16-46-48-34-20(12-36)14-44/h5-12,19-20,23-24,33-34,43-44H,3-4,13-16H2,1-2H3,(H,31,37)(H,32,38)/t19-,20-,23?,24?/m1/s1. The summed E-state index contributed by atoms with van der Waals surface area (Å²) in [5.74, 6) is -1.48. The van der Waals surface area contributed by atoms with Gasteiger partial charge in [0.15, 0.2) is 0 Å². The van der Waals surface area contributed by atoms with Crippen LogP contribution in [0.4, 0.5) is 0 Å². The van der Waals surface area contributed by atoms with Crippen molar-refractivity contribution >= 4 is 105 Å². The maximum absolute atomic E-state index is 13.2. The fourth-order valence-electron chi connectivity index (χ4n) is 3.34. The van der Waals surface area contributed by atoms with Crippen LogP contribution in [0.2, 0.25) is 0 Å². The monoisotopic (exact) mass is 776 g/mol. The predicted molar refractivity (Wildman–Crippen MR) is 197 cm³/mol. The number of amides is 2. The fraction of sp³-hybridized carbons (Fsp3) is 0.429. The van der Waals surface area contributed by atoms with Crippen molar-refractivity contribution in [1.82, 2.24) is 30.0 Å². The molecular weight excluding hydrogens is 741 g/mol. The lowest BCUT2D eigenvalue weighted by Crippen LogP contribution is -2.43. The summed E-state index contributed by atoms with van der Waals surface area (Å²) in [5.41, 5.74) is 0.912. The molecule has 0 aliphatic rings. The maximum atomic E-state index is 13.2. The lowest BCUT2D eigenvalue weighted by Gasteiger charge is -2.18. The summed E-state index contributed by atoms with van der Waals surface area (Å²) in [5, 5.41) is 5.35. The zero-order valence-corrected chi connectivity index (χ0v) is 30.9. The number of thiol groups is 2. The van der Waals surface area contributed by atoms with Gasteiger partial charge in [0.25, 0.3) is 11.8 Å². The molecule has 0 aromatic carbocycles. The molecule has 2 aromatic heterocycles. The molecule has 0 aliphatic carbocycles. The highest BCUT2D eigenvalue weighted by atomic mass is 33.1. The average Bonchev–Trinajstić information content (AvgIpc) is 3.10. The Kier molecular flexibility index (Phi) is 20.7. The molecule has 0 aliphatic heterocycles. The lowest BCUT2D eigenvalue weighted by molar-refractivity contribution is -0.145. The molecule has 0 spiro atoms. The Labute approximate surface area is 305 Å². The van der Waals surface area contributed by atoms with Gasteiger partial charge in [-0.2, -0.15) is 25.3 Å². The van der Waals surface area contributed by atoms with E-state index in [1.165, 1.54) is 58.2 Å². The van der Waals surface area contributed by atoms with Crippen molar-refractivity contribution in [3.05, 3.63) is 47.8 Å². The molecular formula is C28H36N6O8S6. The Bertz CT molecular complexity index is 1280. The van der Waals surface area contributed by atoms with E-state index < -0.39 is 47.9 Å². The zero-order chi connectivity index (χ0) is 35.3. The molecule has 262 valence electrons. The third kappa shape index (κ3) is 14.6. The topological polar surface area (TPSA) is 195 Å². The minimum absolute atomic E-state index is 0.122. The number of hydrogen-bond acceptors (Lipinski definition) is 18. The Morgan fingerprint density at radius 3 is 1.48 bits per heavy atom. The summed E-state index contributed by atoms with van der Waals surface area (Å²) >= 11 is 8.16. The zero-order valence-electron chi connectivity index (χ0n) is 25.9. The largest absolute Gasteiger partial charge is 0.464 e. The van der Waals surface area contributed by atoms with Gasteiger partial charge < -0.3 is 29.7 Å². The van der Waals surface area contributed by atoms with Crippen molar-refractivity contribution in [2.24, 2.45) is 0 Å². The summed E-state index contributed by atoms with van der Waals surface area (Å²) in [4.78, 5) is 82.0. The molecule has 0 saturated carbocycles. The van der Waals surface area contributed by atoms with Crippen molar-refractivity contribution in [3.8, 4) is 11.4 Å². The summed E-state index contributed by atoms with van der Waals surface area (Å²) in [6, 6.07) is 2.94. The summed E-state index contributed by atoms with van der Waals surface area (Å²) in [6.07, 6.45) is 4.24. The van der Waals surface area contributed by atoms with Gasteiger partial charge in [-0.15, -0.1) is 0 Å². The third-order valence-corrected chi connectivity index (χ3v) is 10.6. The third-order valence-electron chi connectivity index (χ3n) is 5.77. The molecule has 14 nitrogen and oxygen atoms in total. The lowest BCUT2D eigenvalue weighted by atomic mass is 10.1. The van der Waals surface area contributed by atoms with E-state index >= 15 is 0 Å². The second kappa shape index (κ2) is 23.8. The normalized spacial score (nSPS) is 13.3. The van der Waals surface area contributed by atoms with Gasteiger partial charge >= 0.3 is 11.9 Å². The number of esters is 2. The van der Waals surface area contributed by atoms with Crippen LogP contribution in [0, 0.1) is 0 Å². The van der Waals surface area contributed by atoms with Crippen LogP contribution in [0.15, 0.2) is 36.7 Å². The van der Waals surface area contributed by atoms with E-state index in [0.717, 1.165) is 34.5 Å². The van der Waals surface area contributed by atoms with Gasteiger partial charge in [0, 0.05) is 46.5 Å². The minimum atomic E-state index is -0.988. The van der Waals surface area contributed by atoms with Gasteiger partial charge in [0.1, 0.15) is 24.7 Å². The van der Waals surface area contributed by atoms with Crippen molar-refractivity contribution < 1.29 is 38.2 Å². The van der Waals surface area contributed by atoms with Crippen LogP contribution >= 0.6 is 68.8 Å². The van der Waals surface area contributed by atoms with E-state index in [1.807, 2.05) is 0 Å². The summed E-state index contributed by atoms with van der Waals surface area (Å²) in [7, 11) is 4.73. The highest BCUT2D eigenvalue weighted by molar-refractivity contribution is 8.76. The smallest absolute Gasteiger partial charge is 0.329 e.